The number of aryl methyl sites for hydroxylation is 1. The number of pyridine rings is 1. The maximum Gasteiger partial charge on any atom is 0.290 e. The molecule has 0 unspecified atom stereocenters. The second-order valence-corrected chi connectivity index (χ2v) is 9.25. The molecule has 2 aliphatic rings. The van der Waals surface area contributed by atoms with Crippen LogP contribution in [0.3, 0.4) is 0 Å². The molecule has 0 radical (unpaired) electrons. The number of rotatable bonds is 5. The molecule has 0 saturated carbocycles. The highest BCUT2D eigenvalue weighted by Gasteiger charge is 2.26. The number of para-hydroxylation sites is 1. The Morgan fingerprint density at radius 3 is 2.97 bits per heavy atom. The van der Waals surface area contributed by atoms with Crippen LogP contribution in [0.4, 0.5) is 10.7 Å². The molecule has 8 nitrogen and oxygen atoms in total. The van der Waals surface area contributed by atoms with Crippen molar-refractivity contribution < 1.29 is 9.59 Å². The van der Waals surface area contributed by atoms with Gasteiger partial charge in [0.2, 0.25) is 5.95 Å². The highest BCUT2D eigenvalue weighted by Crippen LogP contribution is 2.26. The molecule has 3 aromatic rings. The molecule has 2 amide bonds. The molecule has 2 aromatic heterocycles. The summed E-state index contributed by atoms with van der Waals surface area (Å²) in [5.74, 6) is 0.252. The van der Waals surface area contributed by atoms with Gasteiger partial charge in [-0.2, -0.15) is 0 Å². The van der Waals surface area contributed by atoms with Crippen molar-refractivity contribution in [3.63, 3.8) is 0 Å². The smallest absolute Gasteiger partial charge is 0.290 e. The molecule has 2 aliphatic heterocycles. The lowest BCUT2D eigenvalue weighted by atomic mass is 10.0. The van der Waals surface area contributed by atoms with Crippen molar-refractivity contribution >= 4 is 45.8 Å². The summed E-state index contributed by atoms with van der Waals surface area (Å²) in [6.07, 6.45) is 5.44. The summed E-state index contributed by atoms with van der Waals surface area (Å²) in [7, 11) is 0. The number of imide groups is 1. The van der Waals surface area contributed by atoms with E-state index in [4.69, 9.17) is 0 Å². The lowest BCUT2D eigenvalue weighted by Gasteiger charge is -2.33. The molecule has 2 fully saturated rings. The number of amides is 2. The van der Waals surface area contributed by atoms with Crippen molar-refractivity contribution in [1.29, 1.82) is 0 Å². The van der Waals surface area contributed by atoms with Gasteiger partial charge in [0, 0.05) is 43.0 Å². The van der Waals surface area contributed by atoms with E-state index in [0.717, 1.165) is 55.4 Å². The molecule has 4 heterocycles. The van der Waals surface area contributed by atoms with Crippen molar-refractivity contribution in [2.24, 2.45) is 0 Å². The minimum atomic E-state index is -0.383. The van der Waals surface area contributed by atoms with Gasteiger partial charge in [-0.3, -0.25) is 19.9 Å². The number of anilines is 1. The van der Waals surface area contributed by atoms with Gasteiger partial charge >= 0.3 is 0 Å². The average molecular weight is 461 g/mol. The molecule has 2 saturated heterocycles. The lowest BCUT2D eigenvalue weighted by Crippen LogP contribution is -2.46. The number of carbonyl (C=O) groups excluding carboxylic acids is 2. The Hall–Kier alpha value is -3.30. The zero-order valence-corrected chi connectivity index (χ0v) is 19.1. The third kappa shape index (κ3) is 4.89. The maximum atomic E-state index is 11.8. The first-order valence-corrected chi connectivity index (χ1v) is 11.8. The van der Waals surface area contributed by atoms with Gasteiger partial charge in [0.15, 0.2) is 0 Å². The highest BCUT2D eigenvalue weighted by atomic mass is 32.2. The second-order valence-electron chi connectivity index (χ2n) is 8.24. The Balaban J connectivity index is 1.28. The standard InChI is InChI=1S/C24H24N6O2S/c1-15-11-16(19-6-2-3-7-20(19)27-15)13-26-18-5-4-10-30(14-18)23-25-9-8-17(28-23)12-21-22(31)29-24(32)33-21/h2-3,6-9,11-12,18,26H,4-5,10,13-14H2,1H3,(H,29,31,32)/t18-/m1/s1. The van der Waals surface area contributed by atoms with Crippen LogP contribution in [0.5, 0.6) is 0 Å². The lowest BCUT2D eigenvalue weighted by molar-refractivity contribution is -0.115. The summed E-state index contributed by atoms with van der Waals surface area (Å²) in [5, 5.41) is 6.80. The Bertz CT molecular complexity index is 1260. The molecular formula is C24H24N6O2S. The zero-order chi connectivity index (χ0) is 22.8. The summed E-state index contributed by atoms with van der Waals surface area (Å²) in [4.78, 5) is 39.5. The molecule has 0 aliphatic carbocycles. The average Bonchev–Trinajstić information content (AvgIpc) is 3.14. The molecule has 1 atom stereocenters. The Labute approximate surface area is 195 Å². The number of nitrogens with zero attached hydrogens (tertiary/aromatic N) is 4. The molecule has 168 valence electrons. The van der Waals surface area contributed by atoms with Gasteiger partial charge < -0.3 is 10.2 Å². The van der Waals surface area contributed by atoms with E-state index in [9.17, 15) is 9.59 Å². The number of nitrogens with one attached hydrogen (secondary N) is 2. The number of hydrogen-bond acceptors (Lipinski definition) is 8. The second kappa shape index (κ2) is 9.29. The fraction of sp³-hybridized carbons (Fsp3) is 0.292. The van der Waals surface area contributed by atoms with Crippen LogP contribution < -0.4 is 15.5 Å². The van der Waals surface area contributed by atoms with Crippen LogP contribution in [0.15, 0.2) is 47.5 Å². The highest BCUT2D eigenvalue weighted by molar-refractivity contribution is 8.18. The van der Waals surface area contributed by atoms with Crippen molar-refractivity contribution in [2.75, 3.05) is 18.0 Å². The minimum Gasteiger partial charge on any atom is -0.339 e. The third-order valence-electron chi connectivity index (χ3n) is 5.80. The molecule has 9 heteroatoms. The normalized spacial score (nSPS) is 20.0. The van der Waals surface area contributed by atoms with Crippen LogP contribution in [0, 0.1) is 6.92 Å². The summed E-state index contributed by atoms with van der Waals surface area (Å²) < 4.78 is 0. The maximum absolute atomic E-state index is 11.8. The number of benzene rings is 1. The van der Waals surface area contributed by atoms with Gasteiger partial charge in [0.25, 0.3) is 11.1 Å². The number of thioether (sulfide) groups is 1. The number of piperidine rings is 1. The van der Waals surface area contributed by atoms with E-state index in [1.54, 1.807) is 18.3 Å². The van der Waals surface area contributed by atoms with Gasteiger partial charge in [-0.05, 0) is 61.4 Å². The first-order valence-electron chi connectivity index (χ1n) is 11.0. The van der Waals surface area contributed by atoms with Crippen LogP contribution in [0.1, 0.15) is 29.8 Å². The van der Waals surface area contributed by atoms with Crippen molar-refractivity contribution in [3.05, 3.63) is 64.5 Å². The van der Waals surface area contributed by atoms with Crippen molar-refractivity contribution in [2.45, 2.75) is 32.4 Å². The molecule has 2 N–H and O–H groups in total. The van der Waals surface area contributed by atoms with E-state index >= 15 is 0 Å². The van der Waals surface area contributed by atoms with Gasteiger partial charge in [0.1, 0.15) is 0 Å². The summed E-state index contributed by atoms with van der Waals surface area (Å²) in [6.45, 7) is 4.48. The number of hydrogen-bond donors (Lipinski definition) is 2. The van der Waals surface area contributed by atoms with Crippen molar-refractivity contribution in [3.8, 4) is 0 Å². The van der Waals surface area contributed by atoms with Crippen LogP contribution in [0.2, 0.25) is 0 Å². The van der Waals surface area contributed by atoms with E-state index < -0.39 is 0 Å². The van der Waals surface area contributed by atoms with Gasteiger partial charge in [-0.15, -0.1) is 0 Å². The Morgan fingerprint density at radius 2 is 2.12 bits per heavy atom. The molecule has 1 aromatic carbocycles. The number of fused-ring (bicyclic) bond motifs is 1. The zero-order valence-electron chi connectivity index (χ0n) is 18.2. The monoisotopic (exact) mass is 460 g/mol. The van der Waals surface area contributed by atoms with E-state index in [1.165, 1.54) is 10.9 Å². The fourth-order valence-electron chi connectivity index (χ4n) is 4.27. The first-order chi connectivity index (χ1) is 16.0. The SMILES string of the molecule is Cc1cc(CN[C@@H]2CCCN(c3nccc(C=C4SC(=O)NC4=O)n3)C2)c2ccccc2n1. The van der Waals surface area contributed by atoms with Crippen LogP contribution in [-0.2, 0) is 11.3 Å². The van der Waals surface area contributed by atoms with E-state index in [1.807, 2.05) is 13.0 Å². The summed E-state index contributed by atoms with van der Waals surface area (Å²) in [6, 6.07) is 12.4. The number of aromatic nitrogens is 3. The summed E-state index contributed by atoms with van der Waals surface area (Å²) >= 11 is 0.890. The van der Waals surface area contributed by atoms with Gasteiger partial charge in [0.05, 0.1) is 16.1 Å². The fourth-order valence-corrected chi connectivity index (χ4v) is 4.94. The van der Waals surface area contributed by atoms with E-state index in [0.29, 0.717) is 22.6 Å². The van der Waals surface area contributed by atoms with Gasteiger partial charge in [-0.1, -0.05) is 18.2 Å². The largest absolute Gasteiger partial charge is 0.339 e. The van der Waals surface area contributed by atoms with Crippen LogP contribution in [0.25, 0.3) is 17.0 Å². The third-order valence-corrected chi connectivity index (χ3v) is 6.61. The Morgan fingerprint density at radius 1 is 1.24 bits per heavy atom. The van der Waals surface area contributed by atoms with Crippen LogP contribution in [-0.4, -0.2) is 45.2 Å². The van der Waals surface area contributed by atoms with E-state index in [-0.39, 0.29) is 11.1 Å². The van der Waals surface area contributed by atoms with Gasteiger partial charge in [-0.25, -0.2) is 9.97 Å². The van der Waals surface area contributed by atoms with Crippen molar-refractivity contribution in [1.82, 2.24) is 25.6 Å². The molecular weight excluding hydrogens is 436 g/mol. The Kier molecular flexibility index (Phi) is 6.06. The molecule has 5 rings (SSSR count). The number of carbonyl (C=O) groups is 2. The first kappa shape index (κ1) is 21.5. The van der Waals surface area contributed by atoms with Crippen LogP contribution >= 0.6 is 11.8 Å². The summed E-state index contributed by atoms with van der Waals surface area (Å²) in [5.41, 5.74) is 3.91. The molecule has 0 spiro atoms. The topological polar surface area (TPSA) is 100 Å². The predicted octanol–water partition coefficient (Wildman–Crippen LogP) is 3.42. The minimum absolute atomic E-state index is 0.311. The molecule has 0 bridgehead atoms. The predicted molar refractivity (Wildman–Crippen MR) is 130 cm³/mol. The van der Waals surface area contributed by atoms with E-state index in [2.05, 4.69) is 54.8 Å². The quantitative estimate of drug-likeness (QED) is 0.559. The molecule has 33 heavy (non-hydrogen) atoms.